The van der Waals surface area contributed by atoms with Gasteiger partial charge in [-0.1, -0.05) is 85.6 Å². The zero-order valence-electron chi connectivity index (χ0n) is 20.4. The third kappa shape index (κ3) is 4.47. The molecule has 0 fully saturated rings. The molecule has 0 saturated heterocycles. The summed E-state index contributed by atoms with van der Waals surface area (Å²) in [6, 6.07) is 20.0. The fourth-order valence-electron chi connectivity index (χ4n) is 5.30. The molecule has 0 spiro atoms. The Kier molecular flexibility index (Phi) is 6.47. The van der Waals surface area contributed by atoms with Crippen LogP contribution < -0.4 is 4.90 Å². The van der Waals surface area contributed by atoms with E-state index in [0.29, 0.717) is 39.0 Å². The zero-order valence-corrected chi connectivity index (χ0v) is 21.9. The molecule has 4 nitrogen and oxygen atoms in total. The van der Waals surface area contributed by atoms with E-state index >= 15 is 4.39 Å². The van der Waals surface area contributed by atoms with Crippen LogP contribution in [0, 0.1) is 16.6 Å². The summed E-state index contributed by atoms with van der Waals surface area (Å²) in [7, 11) is 0. The lowest BCUT2D eigenvalue weighted by molar-refractivity contribution is -0.118. The predicted molar refractivity (Wildman–Crippen MR) is 147 cm³/mol. The average Bonchev–Trinajstić information content (AvgIpc) is 2.85. The first-order valence-corrected chi connectivity index (χ1v) is 12.7. The van der Waals surface area contributed by atoms with E-state index in [9.17, 15) is 15.3 Å². The molecule has 3 aromatic carbocycles. The predicted octanol–water partition coefficient (Wildman–Crippen LogP) is 8.33. The number of anilines is 1. The number of halogens is 3. The van der Waals surface area contributed by atoms with E-state index in [0.717, 1.165) is 0 Å². The van der Waals surface area contributed by atoms with Crippen molar-refractivity contribution in [1.82, 2.24) is 0 Å². The summed E-state index contributed by atoms with van der Waals surface area (Å²) in [5.41, 5.74) is 1.97. The maximum atomic E-state index is 15.3. The van der Waals surface area contributed by atoms with Crippen molar-refractivity contribution in [3.8, 4) is 0 Å². The van der Waals surface area contributed by atoms with Gasteiger partial charge in [0.05, 0.1) is 10.0 Å². The van der Waals surface area contributed by atoms with Crippen LogP contribution in [0.25, 0.3) is 5.76 Å². The maximum Gasteiger partial charge on any atom is 0.162 e. The number of allylic oxidation sites excluding steroid dienone is 2. The van der Waals surface area contributed by atoms with Crippen LogP contribution >= 0.6 is 23.2 Å². The average molecular weight is 535 g/mol. The largest absolute Gasteiger partial charge is 0.507 e. The Bertz CT molecular complexity index is 1490. The molecule has 7 heteroatoms. The minimum Gasteiger partial charge on any atom is -0.507 e. The topological polar surface area (TPSA) is 64.4 Å². The molecule has 3 aromatic rings. The molecule has 1 aliphatic heterocycles. The third-order valence-corrected chi connectivity index (χ3v) is 7.64. The van der Waals surface area contributed by atoms with Crippen molar-refractivity contribution in [2.75, 3.05) is 4.90 Å². The lowest BCUT2D eigenvalue weighted by Gasteiger charge is -2.45. The van der Waals surface area contributed by atoms with Crippen LogP contribution in [0.15, 0.2) is 89.6 Å². The van der Waals surface area contributed by atoms with Gasteiger partial charge < -0.3 is 5.11 Å². The van der Waals surface area contributed by atoms with Crippen LogP contribution in [-0.2, 0) is 4.79 Å². The number of carbonyl (C=O) groups is 1. The molecule has 1 heterocycles. The quantitative estimate of drug-likeness (QED) is 0.332. The van der Waals surface area contributed by atoms with Gasteiger partial charge in [0.2, 0.25) is 0 Å². The number of benzene rings is 3. The van der Waals surface area contributed by atoms with E-state index in [2.05, 4.69) is 0 Å². The molecule has 5 rings (SSSR count). The monoisotopic (exact) mass is 534 g/mol. The van der Waals surface area contributed by atoms with Gasteiger partial charge in [-0.05, 0) is 36.1 Å². The van der Waals surface area contributed by atoms with Gasteiger partial charge in [-0.15, -0.1) is 0 Å². The molecule has 2 aliphatic rings. The first-order chi connectivity index (χ1) is 17.6. The van der Waals surface area contributed by atoms with E-state index in [1.54, 1.807) is 65.6 Å². The number of nitrogens with one attached hydrogen (secondary N) is 1. The number of hydrogen-bond acceptors (Lipinski definition) is 3. The first kappa shape index (κ1) is 25.2. The van der Waals surface area contributed by atoms with Crippen molar-refractivity contribution in [1.29, 1.82) is 5.41 Å². The van der Waals surface area contributed by atoms with Crippen molar-refractivity contribution in [3.05, 3.63) is 117 Å². The van der Waals surface area contributed by atoms with E-state index in [4.69, 9.17) is 23.2 Å². The molecule has 1 unspecified atom stereocenters. The summed E-state index contributed by atoms with van der Waals surface area (Å²) in [5, 5.41) is 21.6. The molecular formula is C30H25Cl2FN2O2. The van der Waals surface area contributed by atoms with E-state index in [-0.39, 0.29) is 40.4 Å². The fraction of sp³-hybridized carbons (Fsp3) is 0.200. The van der Waals surface area contributed by atoms with Crippen LogP contribution in [-0.4, -0.2) is 16.7 Å². The van der Waals surface area contributed by atoms with E-state index < -0.39 is 11.7 Å². The standard InChI is InChI=1S/C30H25Cl2FN2O2/c1-30(2)15-23-26(24(36)16-30)25(19-10-6-7-11-22(19)33)27(28(37)17-8-4-3-5-9-17)29(34)35(23)18-12-13-20(31)21(32)14-18/h3-14,25,34,37H,15-16H2,1-2H3/b28-27+,34-29?. The van der Waals surface area contributed by atoms with Gasteiger partial charge in [0.1, 0.15) is 17.4 Å². The van der Waals surface area contributed by atoms with Crippen molar-refractivity contribution >= 4 is 46.3 Å². The summed E-state index contributed by atoms with van der Waals surface area (Å²) in [5.74, 6) is -1.85. The van der Waals surface area contributed by atoms with Gasteiger partial charge in [-0.2, -0.15) is 0 Å². The minimum atomic E-state index is -0.952. The molecule has 0 aromatic heterocycles. The van der Waals surface area contributed by atoms with E-state index in [1.807, 2.05) is 19.9 Å². The van der Waals surface area contributed by atoms with Crippen LogP contribution in [0.4, 0.5) is 10.1 Å². The Labute approximate surface area is 225 Å². The number of Topliss-reactive ketones (excluding diaryl/α,β-unsaturated/α-hetero) is 1. The Morgan fingerprint density at radius 2 is 1.68 bits per heavy atom. The summed E-state index contributed by atoms with van der Waals surface area (Å²) >= 11 is 12.5. The highest BCUT2D eigenvalue weighted by Gasteiger charge is 2.47. The number of rotatable bonds is 3. The van der Waals surface area contributed by atoms with Crippen LogP contribution in [0.2, 0.25) is 10.0 Å². The van der Waals surface area contributed by atoms with Crippen molar-refractivity contribution in [2.45, 2.75) is 32.6 Å². The second-order valence-electron chi connectivity index (χ2n) is 10.2. The Morgan fingerprint density at radius 1 is 1.00 bits per heavy atom. The van der Waals surface area contributed by atoms with Crippen LogP contribution in [0.1, 0.15) is 43.7 Å². The molecule has 0 radical (unpaired) electrons. The Balaban J connectivity index is 1.88. The highest BCUT2D eigenvalue weighted by Crippen LogP contribution is 2.51. The molecule has 1 atom stereocenters. The maximum absolute atomic E-state index is 15.3. The molecule has 37 heavy (non-hydrogen) atoms. The molecule has 1 aliphatic carbocycles. The molecule has 0 amide bonds. The summed E-state index contributed by atoms with van der Waals surface area (Å²) in [4.78, 5) is 15.5. The first-order valence-electron chi connectivity index (χ1n) is 11.9. The van der Waals surface area contributed by atoms with Crippen molar-refractivity contribution in [3.63, 3.8) is 0 Å². The minimum absolute atomic E-state index is 0.0581. The van der Waals surface area contributed by atoms with Gasteiger partial charge in [0.15, 0.2) is 5.78 Å². The lowest BCUT2D eigenvalue weighted by atomic mass is 9.67. The zero-order chi connectivity index (χ0) is 26.5. The number of ketones is 1. The third-order valence-electron chi connectivity index (χ3n) is 6.90. The number of carbonyl (C=O) groups excluding carboxylic acids is 1. The SMILES string of the molecule is CC1(C)CC(=O)C2=C(C1)N(c1ccc(Cl)c(Cl)c1)C(=N)/C(=C(/O)c1ccccc1)C2c1ccccc1F. The van der Waals surface area contributed by atoms with Gasteiger partial charge in [0, 0.05) is 46.0 Å². The van der Waals surface area contributed by atoms with Gasteiger partial charge in [-0.3, -0.25) is 15.1 Å². The molecule has 0 bridgehead atoms. The number of hydrogen-bond donors (Lipinski definition) is 2. The molecular weight excluding hydrogens is 510 g/mol. The van der Waals surface area contributed by atoms with Crippen LogP contribution in [0.3, 0.4) is 0 Å². The number of aliphatic hydroxyl groups is 1. The van der Waals surface area contributed by atoms with Crippen molar-refractivity contribution < 1.29 is 14.3 Å². The molecule has 2 N–H and O–H groups in total. The molecule has 0 saturated carbocycles. The lowest BCUT2D eigenvalue weighted by Crippen LogP contribution is -2.45. The van der Waals surface area contributed by atoms with Crippen LogP contribution in [0.5, 0.6) is 0 Å². The smallest absolute Gasteiger partial charge is 0.162 e. The Morgan fingerprint density at radius 3 is 2.35 bits per heavy atom. The fourth-order valence-corrected chi connectivity index (χ4v) is 5.59. The summed E-state index contributed by atoms with van der Waals surface area (Å²) < 4.78 is 15.3. The second kappa shape index (κ2) is 9.47. The highest BCUT2D eigenvalue weighted by atomic mass is 35.5. The summed E-state index contributed by atoms with van der Waals surface area (Å²) in [6.45, 7) is 3.99. The van der Waals surface area contributed by atoms with E-state index in [1.165, 1.54) is 6.07 Å². The number of aliphatic hydroxyl groups excluding tert-OH is 1. The van der Waals surface area contributed by atoms with Crippen molar-refractivity contribution in [2.24, 2.45) is 5.41 Å². The summed E-state index contributed by atoms with van der Waals surface area (Å²) in [6.07, 6.45) is 0.736. The number of amidine groups is 1. The van der Waals surface area contributed by atoms with Gasteiger partial charge in [-0.25, -0.2) is 4.39 Å². The Hall–Kier alpha value is -3.41. The number of nitrogens with zero attached hydrogens (tertiary/aromatic N) is 1. The normalized spacial score (nSPS) is 20.7. The second-order valence-corrected chi connectivity index (χ2v) is 11.0. The molecule has 188 valence electrons. The van der Waals surface area contributed by atoms with Gasteiger partial charge in [0.25, 0.3) is 0 Å². The van der Waals surface area contributed by atoms with Gasteiger partial charge >= 0.3 is 0 Å². The highest BCUT2D eigenvalue weighted by molar-refractivity contribution is 6.42.